The molecule has 1 aromatic heterocycles. The number of hydrogen-bond donors (Lipinski definition) is 3. The zero-order chi connectivity index (χ0) is 22.9. The van der Waals surface area contributed by atoms with E-state index in [4.69, 9.17) is 18.9 Å². The second-order valence-corrected chi connectivity index (χ2v) is 7.01. The first-order valence-corrected chi connectivity index (χ1v) is 10.3. The Kier molecular flexibility index (Phi) is 8.14. The Labute approximate surface area is 187 Å². The van der Waals surface area contributed by atoms with Crippen molar-refractivity contribution in [3.8, 4) is 17.2 Å². The van der Waals surface area contributed by atoms with Crippen LogP contribution >= 0.6 is 0 Å². The molecule has 1 saturated heterocycles. The second-order valence-electron chi connectivity index (χ2n) is 7.01. The molecule has 1 aliphatic rings. The van der Waals surface area contributed by atoms with Crippen LogP contribution in [-0.2, 0) is 4.74 Å². The predicted octanol–water partition coefficient (Wildman–Crippen LogP) is 1.88. The Balaban J connectivity index is 1.51. The third kappa shape index (κ3) is 6.03. The number of carbonyl (C=O) groups excluding carboxylic acids is 1. The lowest BCUT2D eigenvalue weighted by Gasteiger charge is -2.28. The van der Waals surface area contributed by atoms with Crippen molar-refractivity contribution in [2.45, 2.75) is 6.92 Å². The maximum atomic E-state index is 12.3. The number of amides is 2. The summed E-state index contributed by atoms with van der Waals surface area (Å²) in [7, 11) is 4.56. The van der Waals surface area contributed by atoms with E-state index in [0.717, 1.165) is 24.6 Å². The van der Waals surface area contributed by atoms with E-state index in [1.54, 1.807) is 12.1 Å². The van der Waals surface area contributed by atoms with Crippen molar-refractivity contribution < 1.29 is 23.7 Å². The first-order valence-electron chi connectivity index (χ1n) is 10.3. The number of carbonyl (C=O) groups is 1. The summed E-state index contributed by atoms with van der Waals surface area (Å²) in [6.45, 7) is 5.76. The molecule has 32 heavy (non-hydrogen) atoms. The molecule has 2 heterocycles. The molecule has 0 atom stereocenters. The Morgan fingerprint density at radius 1 is 1.03 bits per heavy atom. The minimum Gasteiger partial charge on any atom is -0.493 e. The van der Waals surface area contributed by atoms with Crippen molar-refractivity contribution in [1.29, 1.82) is 0 Å². The molecule has 0 aliphatic carbocycles. The van der Waals surface area contributed by atoms with E-state index < -0.39 is 0 Å². The van der Waals surface area contributed by atoms with Crippen molar-refractivity contribution >= 4 is 23.5 Å². The molecule has 0 saturated carbocycles. The van der Waals surface area contributed by atoms with Crippen LogP contribution in [0, 0.1) is 6.92 Å². The number of aryl methyl sites for hydroxylation is 1. The molecule has 2 amide bonds. The van der Waals surface area contributed by atoms with Crippen molar-refractivity contribution in [1.82, 2.24) is 15.3 Å². The van der Waals surface area contributed by atoms with Crippen LogP contribution in [-0.4, -0.2) is 76.7 Å². The molecule has 0 unspecified atom stereocenters. The van der Waals surface area contributed by atoms with Crippen molar-refractivity contribution in [2.75, 3.05) is 76.3 Å². The fraction of sp³-hybridized carbons (Fsp3) is 0.476. The molecule has 11 heteroatoms. The Morgan fingerprint density at radius 3 is 2.34 bits per heavy atom. The van der Waals surface area contributed by atoms with Gasteiger partial charge >= 0.3 is 6.03 Å². The molecular weight excluding hydrogens is 416 g/mol. The molecule has 0 radical (unpaired) electrons. The number of rotatable bonds is 9. The van der Waals surface area contributed by atoms with Gasteiger partial charge in [0.05, 0.1) is 40.2 Å². The number of benzene rings is 1. The maximum Gasteiger partial charge on any atom is 0.319 e. The second kappa shape index (κ2) is 11.2. The van der Waals surface area contributed by atoms with Gasteiger partial charge in [0.25, 0.3) is 0 Å². The van der Waals surface area contributed by atoms with Gasteiger partial charge in [0.15, 0.2) is 11.5 Å². The lowest BCUT2D eigenvalue weighted by atomic mass is 10.2. The summed E-state index contributed by atoms with van der Waals surface area (Å²) in [5.41, 5.74) is 1.39. The third-order valence-electron chi connectivity index (χ3n) is 4.79. The summed E-state index contributed by atoms with van der Waals surface area (Å²) in [6, 6.07) is 4.92. The highest BCUT2D eigenvalue weighted by Crippen LogP contribution is 2.39. The summed E-state index contributed by atoms with van der Waals surface area (Å²) in [4.78, 5) is 23.4. The van der Waals surface area contributed by atoms with Crippen molar-refractivity contribution in [3.05, 3.63) is 23.9 Å². The highest BCUT2D eigenvalue weighted by atomic mass is 16.5. The monoisotopic (exact) mass is 446 g/mol. The van der Waals surface area contributed by atoms with Crippen molar-refractivity contribution in [3.63, 3.8) is 0 Å². The highest BCUT2D eigenvalue weighted by Gasteiger charge is 2.15. The normalized spacial score (nSPS) is 13.3. The molecule has 11 nitrogen and oxygen atoms in total. The smallest absolute Gasteiger partial charge is 0.319 e. The van der Waals surface area contributed by atoms with E-state index in [9.17, 15) is 4.79 Å². The zero-order valence-corrected chi connectivity index (χ0v) is 18.9. The van der Waals surface area contributed by atoms with Gasteiger partial charge in [0.2, 0.25) is 11.7 Å². The van der Waals surface area contributed by atoms with Crippen LogP contribution in [0.25, 0.3) is 0 Å². The van der Waals surface area contributed by atoms with Gasteiger partial charge in [-0.25, -0.2) is 9.78 Å². The summed E-state index contributed by atoms with van der Waals surface area (Å²) in [5.74, 6) is 2.77. The van der Waals surface area contributed by atoms with Gasteiger partial charge in [-0.15, -0.1) is 0 Å². The van der Waals surface area contributed by atoms with E-state index in [-0.39, 0.29) is 6.03 Å². The minimum absolute atomic E-state index is 0.361. The molecule has 2 aromatic rings. The maximum absolute atomic E-state index is 12.3. The van der Waals surface area contributed by atoms with Crippen LogP contribution in [0.15, 0.2) is 18.2 Å². The fourth-order valence-corrected chi connectivity index (χ4v) is 3.26. The van der Waals surface area contributed by atoms with E-state index >= 15 is 0 Å². The van der Waals surface area contributed by atoms with Gasteiger partial charge in [-0.1, -0.05) is 0 Å². The van der Waals surface area contributed by atoms with Crippen LogP contribution in [0.4, 0.5) is 22.2 Å². The number of urea groups is 1. The van der Waals surface area contributed by atoms with Crippen LogP contribution in [0.3, 0.4) is 0 Å². The predicted molar refractivity (Wildman–Crippen MR) is 121 cm³/mol. The molecule has 1 fully saturated rings. The summed E-state index contributed by atoms with van der Waals surface area (Å²) >= 11 is 0. The lowest BCUT2D eigenvalue weighted by Crippen LogP contribution is -2.37. The molecular formula is C21H30N6O5. The van der Waals surface area contributed by atoms with Gasteiger partial charge in [-0.3, -0.25) is 0 Å². The summed E-state index contributed by atoms with van der Waals surface area (Å²) in [6.07, 6.45) is 0. The molecule has 0 bridgehead atoms. The SMILES string of the molecule is COc1cc(NC(=O)NCCNc2nc(C)cc(N3CCOCC3)n2)cc(OC)c1OC. The molecule has 1 aliphatic heterocycles. The first kappa shape index (κ1) is 23.2. The Hall–Kier alpha value is -3.47. The quantitative estimate of drug-likeness (QED) is 0.496. The number of aromatic nitrogens is 2. The van der Waals surface area contributed by atoms with Gasteiger partial charge in [0, 0.05) is 50.1 Å². The van der Waals surface area contributed by atoms with E-state index in [1.165, 1.54) is 21.3 Å². The van der Waals surface area contributed by atoms with Crippen LogP contribution < -0.4 is 35.1 Å². The van der Waals surface area contributed by atoms with Gasteiger partial charge < -0.3 is 39.8 Å². The molecule has 174 valence electrons. The molecule has 3 rings (SSSR count). The third-order valence-corrected chi connectivity index (χ3v) is 4.79. The average Bonchev–Trinajstić information content (AvgIpc) is 2.81. The summed E-state index contributed by atoms with van der Waals surface area (Å²) < 4.78 is 21.3. The minimum atomic E-state index is -0.361. The van der Waals surface area contributed by atoms with E-state index in [1.807, 2.05) is 13.0 Å². The molecule has 0 spiro atoms. The zero-order valence-electron chi connectivity index (χ0n) is 18.9. The lowest BCUT2D eigenvalue weighted by molar-refractivity contribution is 0.122. The van der Waals surface area contributed by atoms with Crippen LogP contribution in [0.5, 0.6) is 17.2 Å². The standard InChI is InChI=1S/C21H30N6O5/c1-14-11-18(27-7-9-32-10-8-27)26-20(24-14)22-5-6-23-21(28)25-15-12-16(29-2)19(31-4)17(13-15)30-3/h11-13H,5-10H2,1-4H3,(H,22,24,26)(H2,23,25,28). The molecule has 3 N–H and O–H groups in total. The fourth-order valence-electron chi connectivity index (χ4n) is 3.26. The van der Waals surface area contributed by atoms with E-state index in [2.05, 4.69) is 30.8 Å². The largest absolute Gasteiger partial charge is 0.493 e. The Bertz CT molecular complexity index is 895. The van der Waals surface area contributed by atoms with Gasteiger partial charge in [0.1, 0.15) is 5.82 Å². The number of methoxy groups -OCH3 is 3. The topological polar surface area (TPSA) is 119 Å². The van der Waals surface area contributed by atoms with E-state index in [0.29, 0.717) is 55.2 Å². The Morgan fingerprint density at radius 2 is 1.72 bits per heavy atom. The number of nitrogens with zero attached hydrogens (tertiary/aromatic N) is 3. The number of hydrogen-bond acceptors (Lipinski definition) is 9. The number of nitrogens with one attached hydrogen (secondary N) is 3. The van der Waals surface area contributed by atoms with Crippen LogP contribution in [0.1, 0.15) is 5.69 Å². The van der Waals surface area contributed by atoms with Gasteiger partial charge in [-0.2, -0.15) is 4.98 Å². The van der Waals surface area contributed by atoms with Gasteiger partial charge in [-0.05, 0) is 6.92 Å². The number of anilines is 3. The average molecular weight is 447 g/mol. The number of morpholine rings is 1. The first-order chi connectivity index (χ1) is 15.5. The van der Waals surface area contributed by atoms with Crippen molar-refractivity contribution in [2.24, 2.45) is 0 Å². The number of ether oxygens (including phenoxy) is 4. The van der Waals surface area contributed by atoms with Crippen LogP contribution in [0.2, 0.25) is 0 Å². The molecule has 1 aromatic carbocycles. The highest BCUT2D eigenvalue weighted by molar-refractivity contribution is 5.90. The summed E-state index contributed by atoms with van der Waals surface area (Å²) in [5, 5.41) is 8.71.